The zero-order valence-electron chi connectivity index (χ0n) is 12.1. The molecule has 1 saturated carbocycles. The summed E-state index contributed by atoms with van der Waals surface area (Å²) in [6, 6.07) is -1.14. The van der Waals surface area contributed by atoms with E-state index in [1.165, 1.54) is 17.7 Å². The Bertz CT molecular complexity index is 418. The molecule has 2 heterocycles. The van der Waals surface area contributed by atoms with Crippen LogP contribution < -0.4 is 0 Å². The van der Waals surface area contributed by atoms with Gasteiger partial charge in [0.15, 0.2) is 0 Å². The number of nitrogens with zero attached hydrogens (tertiary/aromatic N) is 3. The largest absolute Gasteiger partial charge is 0.480 e. The number of hydrogen-bond donors (Lipinski definition) is 2. The van der Waals surface area contributed by atoms with Gasteiger partial charge in [-0.2, -0.15) is 0 Å². The molecule has 2 aliphatic heterocycles. The summed E-state index contributed by atoms with van der Waals surface area (Å²) in [5.41, 5.74) is 0. The summed E-state index contributed by atoms with van der Waals surface area (Å²) >= 11 is 0. The molecular weight excluding hydrogens is 274 g/mol. The quantitative estimate of drug-likeness (QED) is 0.744. The topological polar surface area (TPSA) is 84.3 Å². The third-order valence-corrected chi connectivity index (χ3v) is 4.67. The molecule has 7 nitrogen and oxygen atoms in total. The molecule has 0 spiro atoms. The van der Waals surface area contributed by atoms with Crippen LogP contribution in [0.25, 0.3) is 0 Å². The molecule has 3 aliphatic rings. The van der Waals surface area contributed by atoms with Crippen LogP contribution in [-0.2, 0) is 4.79 Å². The van der Waals surface area contributed by atoms with E-state index in [9.17, 15) is 14.7 Å². The summed E-state index contributed by atoms with van der Waals surface area (Å²) in [5, 5.41) is 18.8. The van der Waals surface area contributed by atoms with Gasteiger partial charge in [-0.05, 0) is 18.8 Å². The van der Waals surface area contributed by atoms with E-state index in [2.05, 4.69) is 4.90 Å². The highest BCUT2D eigenvalue weighted by Crippen LogP contribution is 2.30. The highest BCUT2D eigenvalue weighted by molar-refractivity contribution is 5.83. The molecule has 0 aromatic rings. The number of aliphatic hydroxyl groups excluding tert-OH is 1. The number of piperazine rings is 1. The van der Waals surface area contributed by atoms with Gasteiger partial charge in [0.2, 0.25) is 0 Å². The Balaban J connectivity index is 1.54. The van der Waals surface area contributed by atoms with Crippen molar-refractivity contribution >= 4 is 12.0 Å². The van der Waals surface area contributed by atoms with Crippen molar-refractivity contribution in [3.05, 3.63) is 0 Å². The van der Waals surface area contributed by atoms with Gasteiger partial charge in [-0.15, -0.1) is 0 Å². The van der Waals surface area contributed by atoms with Crippen LogP contribution in [0, 0.1) is 5.92 Å². The maximum atomic E-state index is 12.5. The molecule has 2 atom stereocenters. The second-order valence-electron chi connectivity index (χ2n) is 6.41. The van der Waals surface area contributed by atoms with E-state index < -0.39 is 18.1 Å². The Morgan fingerprint density at radius 1 is 1.10 bits per heavy atom. The summed E-state index contributed by atoms with van der Waals surface area (Å²) in [6.07, 6.45) is 2.05. The molecule has 0 aromatic carbocycles. The first-order chi connectivity index (χ1) is 10.0. The minimum Gasteiger partial charge on any atom is -0.480 e. The van der Waals surface area contributed by atoms with Crippen LogP contribution in [0.2, 0.25) is 0 Å². The van der Waals surface area contributed by atoms with Gasteiger partial charge in [0.25, 0.3) is 0 Å². The number of hydrogen-bond acceptors (Lipinski definition) is 4. The van der Waals surface area contributed by atoms with Gasteiger partial charge >= 0.3 is 12.0 Å². The highest BCUT2D eigenvalue weighted by atomic mass is 16.4. The molecule has 1 aliphatic carbocycles. The van der Waals surface area contributed by atoms with E-state index in [0.717, 1.165) is 25.6 Å². The zero-order chi connectivity index (χ0) is 15.0. The van der Waals surface area contributed by atoms with Gasteiger partial charge in [-0.3, -0.25) is 4.90 Å². The van der Waals surface area contributed by atoms with E-state index >= 15 is 0 Å². The van der Waals surface area contributed by atoms with Crippen LogP contribution in [0.4, 0.5) is 4.79 Å². The lowest BCUT2D eigenvalue weighted by Crippen LogP contribution is -2.55. The number of β-amino-alcohol motifs (C(OH)–C–C–N with tert-alkyl or cyclic N) is 1. The SMILES string of the molecule is O=C(O)[C@@H]1CC(O)CN1C(=O)N1CCN(CC2CC2)CC1. The number of urea groups is 1. The number of aliphatic carboxylic acids is 1. The Labute approximate surface area is 124 Å². The van der Waals surface area contributed by atoms with Gasteiger partial charge in [0.1, 0.15) is 6.04 Å². The lowest BCUT2D eigenvalue weighted by atomic mass is 10.2. The maximum Gasteiger partial charge on any atom is 0.326 e. The Hall–Kier alpha value is -1.34. The lowest BCUT2D eigenvalue weighted by molar-refractivity contribution is -0.141. The summed E-state index contributed by atoms with van der Waals surface area (Å²) in [5.74, 6) is -0.190. The van der Waals surface area contributed by atoms with Crippen molar-refractivity contribution in [2.24, 2.45) is 5.92 Å². The number of carbonyl (C=O) groups is 2. The number of carboxylic acid groups (broad SMARTS) is 1. The van der Waals surface area contributed by atoms with Crippen molar-refractivity contribution in [2.75, 3.05) is 39.3 Å². The standard InChI is InChI=1S/C14H23N3O4/c18-11-7-12(13(19)20)17(9-11)14(21)16-5-3-15(4-6-16)8-10-1-2-10/h10-12,18H,1-9H2,(H,19,20)/t11?,12-/m0/s1. The fourth-order valence-corrected chi connectivity index (χ4v) is 3.23. The van der Waals surface area contributed by atoms with Crippen molar-refractivity contribution < 1.29 is 19.8 Å². The molecule has 3 fully saturated rings. The van der Waals surface area contributed by atoms with Crippen LogP contribution in [0.15, 0.2) is 0 Å². The summed E-state index contributed by atoms with van der Waals surface area (Å²) in [6.45, 7) is 4.25. The molecule has 2 N–H and O–H groups in total. The molecule has 21 heavy (non-hydrogen) atoms. The molecule has 0 aromatic heterocycles. The van der Waals surface area contributed by atoms with E-state index in [1.807, 2.05) is 0 Å². The number of carboxylic acids is 1. The van der Waals surface area contributed by atoms with Crippen LogP contribution in [0.3, 0.4) is 0 Å². The zero-order valence-corrected chi connectivity index (χ0v) is 12.1. The molecule has 1 unspecified atom stereocenters. The normalized spacial score (nSPS) is 30.7. The van der Waals surface area contributed by atoms with E-state index in [4.69, 9.17) is 5.11 Å². The molecule has 2 amide bonds. The van der Waals surface area contributed by atoms with Crippen LogP contribution in [-0.4, -0.2) is 88.3 Å². The van der Waals surface area contributed by atoms with Gasteiger partial charge in [0, 0.05) is 45.7 Å². The Kier molecular flexibility index (Phi) is 4.03. The third kappa shape index (κ3) is 3.29. The second-order valence-corrected chi connectivity index (χ2v) is 6.41. The van der Waals surface area contributed by atoms with Gasteiger partial charge in [0.05, 0.1) is 6.10 Å². The van der Waals surface area contributed by atoms with Crippen molar-refractivity contribution in [1.82, 2.24) is 14.7 Å². The average molecular weight is 297 g/mol. The number of aliphatic hydroxyl groups is 1. The summed E-state index contributed by atoms with van der Waals surface area (Å²) in [4.78, 5) is 29.1. The van der Waals surface area contributed by atoms with E-state index in [-0.39, 0.29) is 19.0 Å². The molecule has 7 heteroatoms. The van der Waals surface area contributed by atoms with Gasteiger partial charge in [-0.25, -0.2) is 9.59 Å². The van der Waals surface area contributed by atoms with Crippen molar-refractivity contribution in [3.63, 3.8) is 0 Å². The predicted molar refractivity (Wildman–Crippen MR) is 74.9 cm³/mol. The lowest BCUT2D eigenvalue weighted by Gasteiger charge is -2.37. The van der Waals surface area contributed by atoms with Crippen molar-refractivity contribution in [3.8, 4) is 0 Å². The number of likely N-dealkylation sites (tertiary alicyclic amines) is 1. The summed E-state index contributed by atoms with van der Waals surface area (Å²) < 4.78 is 0. The molecule has 0 radical (unpaired) electrons. The van der Waals surface area contributed by atoms with Crippen LogP contribution in [0.1, 0.15) is 19.3 Å². The Morgan fingerprint density at radius 2 is 1.76 bits per heavy atom. The second kappa shape index (κ2) is 5.81. The molecular formula is C14H23N3O4. The van der Waals surface area contributed by atoms with Crippen molar-refractivity contribution in [1.29, 1.82) is 0 Å². The summed E-state index contributed by atoms with van der Waals surface area (Å²) in [7, 11) is 0. The Morgan fingerprint density at radius 3 is 2.33 bits per heavy atom. The predicted octanol–water partition coefficient (Wildman–Crippen LogP) is -0.346. The van der Waals surface area contributed by atoms with Crippen LogP contribution in [0.5, 0.6) is 0 Å². The first-order valence-electron chi connectivity index (χ1n) is 7.73. The first-order valence-corrected chi connectivity index (χ1v) is 7.73. The number of carbonyl (C=O) groups excluding carboxylic acids is 1. The van der Waals surface area contributed by atoms with Crippen molar-refractivity contribution in [2.45, 2.75) is 31.4 Å². The van der Waals surface area contributed by atoms with E-state index in [1.54, 1.807) is 4.90 Å². The number of rotatable bonds is 3. The first kappa shape index (κ1) is 14.6. The number of amides is 2. The minimum absolute atomic E-state index is 0.123. The van der Waals surface area contributed by atoms with Gasteiger partial charge < -0.3 is 20.0 Å². The fraction of sp³-hybridized carbons (Fsp3) is 0.857. The monoisotopic (exact) mass is 297 g/mol. The maximum absolute atomic E-state index is 12.5. The fourth-order valence-electron chi connectivity index (χ4n) is 3.23. The molecule has 3 rings (SSSR count). The smallest absolute Gasteiger partial charge is 0.326 e. The van der Waals surface area contributed by atoms with E-state index in [0.29, 0.717) is 13.1 Å². The third-order valence-electron chi connectivity index (χ3n) is 4.67. The molecule has 0 bridgehead atoms. The molecule has 2 saturated heterocycles. The molecule has 118 valence electrons. The van der Waals surface area contributed by atoms with Crippen LogP contribution >= 0.6 is 0 Å². The minimum atomic E-state index is -1.03. The average Bonchev–Trinajstić information content (AvgIpc) is 3.18. The van der Waals surface area contributed by atoms with Gasteiger partial charge in [-0.1, -0.05) is 0 Å². The highest BCUT2D eigenvalue weighted by Gasteiger charge is 2.41.